The summed E-state index contributed by atoms with van der Waals surface area (Å²) < 4.78 is 14.2. The number of thioether (sulfide) groups is 1. The summed E-state index contributed by atoms with van der Waals surface area (Å²) in [4.78, 5) is 29.7. The van der Waals surface area contributed by atoms with E-state index in [1.54, 1.807) is 30.3 Å². The molecule has 1 heterocycles. The first-order valence-corrected chi connectivity index (χ1v) is 9.05. The van der Waals surface area contributed by atoms with Gasteiger partial charge >= 0.3 is 0 Å². The molecule has 0 saturated carbocycles. The lowest BCUT2D eigenvalue weighted by molar-refractivity contribution is -0.116. The predicted molar refractivity (Wildman–Crippen MR) is 101 cm³/mol. The third-order valence-electron chi connectivity index (χ3n) is 3.60. The van der Waals surface area contributed by atoms with Crippen LogP contribution >= 0.6 is 11.8 Å². The van der Waals surface area contributed by atoms with E-state index in [1.165, 1.54) is 28.6 Å². The van der Waals surface area contributed by atoms with Gasteiger partial charge in [-0.05, 0) is 29.8 Å². The van der Waals surface area contributed by atoms with Crippen LogP contribution in [-0.2, 0) is 11.2 Å². The van der Waals surface area contributed by atoms with Gasteiger partial charge in [-0.2, -0.15) is 4.68 Å². The quantitative estimate of drug-likeness (QED) is 0.552. The number of amides is 1. The van der Waals surface area contributed by atoms with E-state index in [-0.39, 0.29) is 29.0 Å². The van der Waals surface area contributed by atoms with Gasteiger partial charge in [0.25, 0.3) is 5.56 Å². The highest BCUT2D eigenvalue weighted by Gasteiger charge is 2.15. The molecule has 3 aromatic rings. The first kappa shape index (κ1) is 18.1. The Kier molecular flexibility index (Phi) is 5.37. The fourth-order valence-corrected chi connectivity index (χ4v) is 3.26. The number of carbonyl (C=O) groups is 1. The lowest BCUT2D eigenvalue weighted by Crippen LogP contribution is -2.36. The fourth-order valence-electron chi connectivity index (χ4n) is 2.45. The zero-order chi connectivity index (χ0) is 18.7. The normalized spacial score (nSPS) is 11.1. The van der Waals surface area contributed by atoms with Crippen molar-refractivity contribution in [1.82, 2.24) is 9.66 Å². The van der Waals surface area contributed by atoms with Crippen LogP contribution in [0.2, 0.25) is 0 Å². The number of hydrogen-bond donors (Lipinski definition) is 1. The van der Waals surface area contributed by atoms with Crippen molar-refractivity contribution >= 4 is 28.6 Å². The molecular formula is C19H18FN3O2S. The SMILES string of the molecule is CC(C)Sc1nc2ccccc2c(=O)n1NC(=O)Cc1ccc(F)cc1. The van der Waals surface area contributed by atoms with Crippen LogP contribution in [0.25, 0.3) is 10.9 Å². The maximum atomic E-state index is 13.0. The summed E-state index contributed by atoms with van der Waals surface area (Å²) in [6, 6.07) is 12.7. The zero-order valence-corrected chi connectivity index (χ0v) is 15.2. The van der Waals surface area contributed by atoms with Gasteiger partial charge in [-0.25, -0.2) is 9.37 Å². The van der Waals surface area contributed by atoms with Gasteiger partial charge in [-0.1, -0.05) is 49.9 Å². The minimum Gasteiger partial charge on any atom is -0.273 e. The van der Waals surface area contributed by atoms with Gasteiger partial charge in [0.15, 0.2) is 5.16 Å². The smallest absolute Gasteiger partial charge is 0.273 e. The van der Waals surface area contributed by atoms with Gasteiger partial charge in [0.2, 0.25) is 5.91 Å². The maximum Gasteiger partial charge on any atom is 0.281 e. The van der Waals surface area contributed by atoms with E-state index in [1.807, 2.05) is 19.9 Å². The van der Waals surface area contributed by atoms with Crippen molar-refractivity contribution in [3.8, 4) is 0 Å². The monoisotopic (exact) mass is 371 g/mol. The van der Waals surface area contributed by atoms with E-state index in [2.05, 4.69) is 10.4 Å². The second-order valence-electron chi connectivity index (χ2n) is 6.06. The number of nitrogens with one attached hydrogen (secondary N) is 1. The van der Waals surface area contributed by atoms with Gasteiger partial charge in [0.05, 0.1) is 17.3 Å². The van der Waals surface area contributed by atoms with Crippen LogP contribution in [0.3, 0.4) is 0 Å². The number of rotatable bonds is 5. The Morgan fingerprint density at radius 3 is 2.58 bits per heavy atom. The van der Waals surface area contributed by atoms with Gasteiger partial charge in [-0.15, -0.1) is 0 Å². The van der Waals surface area contributed by atoms with Crippen LogP contribution in [0.4, 0.5) is 4.39 Å². The number of carbonyl (C=O) groups excluding carboxylic acids is 1. The molecule has 0 aliphatic heterocycles. The molecule has 134 valence electrons. The lowest BCUT2D eigenvalue weighted by Gasteiger charge is -2.15. The summed E-state index contributed by atoms with van der Waals surface area (Å²) in [5.41, 5.74) is 3.54. The Morgan fingerprint density at radius 1 is 1.19 bits per heavy atom. The van der Waals surface area contributed by atoms with Crippen molar-refractivity contribution in [1.29, 1.82) is 0 Å². The molecule has 1 aromatic heterocycles. The molecule has 3 rings (SSSR count). The molecule has 1 N–H and O–H groups in total. The summed E-state index contributed by atoms with van der Waals surface area (Å²) in [5, 5.41) is 1.04. The molecule has 5 nitrogen and oxygen atoms in total. The topological polar surface area (TPSA) is 64.0 Å². The summed E-state index contributed by atoms with van der Waals surface area (Å²) in [7, 11) is 0. The van der Waals surface area contributed by atoms with Crippen LogP contribution in [0.5, 0.6) is 0 Å². The van der Waals surface area contributed by atoms with Gasteiger partial charge in [0.1, 0.15) is 5.82 Å². The highest BCUT2D eigenvalue weighted by Crippen LogP contribution is 2.21. The third kappa shape index (κ3) is 4.11. The van der Waals surface area contributed by atoms with Crippen LogP contribution in [0, 0.1) is 5.82 Å². The van der Waals surface area contributed by atoms with Gasteiger partial charge in [-0.3, -0.25) is 15.0 Å². The molecule has 0 aliphatic rings. The van der Waals surface area contributed by atoms with Crippen molar-refractivity contribution in [2.24, 2.45) is 0 Å². The van der Waals surface area contributed by atoms with Crippen LogP contribution in [0.15, 0.2) is 58.5 Å². The number of aromatic nitrogens is 2. The number of halogens is 1. The summed E-state index contributed by atoms with van der Waals surface area (Å²) in [6.45, 7) is 3.97. The van der Waals surface area contributed by atoms with E-state index in [0.717, 1.165) is 0 Å². The molecule has 0 saturated heterocycles. The zero-order valence-electron chi connectivity index (χ0n) is 14.4. The number of benzene rings is 2. The van der Waals surface area contributed by atoms with Gasteiger partial charge < -0.3 is 0 Å². The summed E-state index contributed by atoms with van der Waals surface area (Å²) in [6.07, 6.45) is 0.0331. The Bertz CT molecular complexity index is 1000. The van der Waals surface area contributed by atoms with Crippen molar-refractivity contribution in [2.75, 3.05) is 5.43 Å². The van der Waals surface area contributed by atoms with E-state index < -0.39 is 0 Å². The molecule has 0 bridgehead atoms. The Morgan fingerprint density at radius 2 is 1.88 bits per heavy atom. The molecular weight excluding hydrogens is 353 g/mol. The Balaban J connectivity index is 1.94. The molecule has 0 spiro atoms. The second-order valence-corrected chi connectivity index (χ2v) is 7.60. The van der Waals surface area contributed by atoms with Crippen molar-refractivity contribution in [3.05, 3.63) is 70.3 Å². The minimum absolute atomic E-state index is 0.0331. The molecule has 0 atom stereocenters. The van der Waals surface area contributed by atoms with Crippen LogP contribution < -0.4 is 11.0 Å². The maximum absolute atomic E-state index is 13.0. The molecule has 7 heteroatoms. The van der Waals surface area contributed by atoms with Crippen LogP contribution in [0.1, 0.15) is 19.4 Å². The average molecular weight is 371 g/mol. The molecule has 0 fully saturated rings. The second kappa shape index (κ2) is 7.70. The summed E-state index contributed by atoms with van der Waals surface area (Å²) >= 11 is 1.39. The van der Waals surface area contributed by atoms with Crippen molar-refractivity contribution in [2.45, 2.75) is 30.7 Å². The molecule has 0 aliphatic carbocycles. The van der Waals surface area contributed by atoms with E-state index in [4.69, 9.17) is 0 Å². The number of para-hydroxylation sites is 1. The molecule has 0 radical (unpaired) electrons. The standard InChI is InChI=1S/C19H18FN3O2S/c1-12(2)26-19-21-16-6-4-3-5-15(16)18(25)23(19)22-17(24)11-13-7-9-14(20)10-8-13/h3-10,12H,11H2,1-2H3,(H,22,24). The molecule has 1 amide bonds. The summed E-state index contributed by atoms with van der Waals surface area (Å²) in [5.74, 6) is -0.735. The Hall–Kier alpha value is -2.67. The lowest BCUT2D eigenvalue weighted by atomic mass is 10.1. The molecule has 0 unspecified atom stereocenters. The van der Waals surface area contributed by atoms with E-state index in [9.17, 15) is 14.0 Å². The van der Waals surface area contributed by atoms with Crippen LogP contribution in [-0.4, -0.2) is 20.8 Å². The Labute approximate surface area is 154 Å². The average Bonchev–Trinajstić information content (AvgIpc) is 2.60. The third-order valence-corrected chi connectivity index (χ3v) is 4.56. The minimum atomic E-state index is -0.374. The largest absolute Gasteiger partial charge is 0.281 e. The first-order chi connectivity index (χ1) is 12.4. The predicted octanol–water partition coefficient (Wildman–Crippen LogP) is 3.35. The molecule has 2 aromatic carbocycles. The van der Waals surface area contributed by atoms with Crippen molar-refractivity contribution < 1.29 is 9.18 Å². The fraction of sp³-hybridized carbons (Fsp3) is 0.211. The number of fused-ring (bicyclic) bond motifs is 1. The number of hydrogen-bond acceptors (Lipinski definition) is 4. The highest BCUT2D eigenvalue weighted by atomic mass is 32.2. The van der Waals surface area contributed by atoms with Gasteiger partial charge in [0, 0.05) is 5.25 Å². The number of nitrogens with zero attached hydrogens (tertiary/aromatic N) is 2. The highest BCUT2D eigenvalue weighted by molar-refractivity contribution is 7.99. The van der Waals surface area contributed by atoms with Crippen molar-refractivity contribution in [3.63, 3.8) is 0 Å². The first-order valence-electron chi connectivity index (χ1n) is 8.17. The van der Waals surface area contributed by atoms with E-state index in [0.29, 0.717) is 21.6 Å². The van der Waals surface area contributed by atoms with E-state index >= 15 is 0 Å². The molecule has 26 heavy (non-hydrogen) atoms.